The van der Waals surface area contributed by atoms with E-state index in [0.29, 0.717) is 13.1 Å². The molecule has 0 atom stereocenters. The van der Waals surface area contributed by atoms with Gasteiger partial charge in [-0.3, -0.25) is 4.79 Å². The largest absolute Gasteiger partial charge is 0.369 e. The lowest BCUT2D eigenvalue weighted by atomic mass is 9.93. The maximum atomic E-state index is 11.6. The van der Waals surface area contributed by atoms with Gasteiger partial charge in [0.05, 0.1) is 6.10 Å². The van der Waals surface area contributed by atoms with Crippen LogP contribution >= 0.6 is 12.4 Å². The third-order valence-corrected chi connectivity index (χ3v) is 2.18. The van der Waals surface area contributed by atoms with Gasteiger partial charge >= 0.3 is 0 Å². The van der Waals surface area contributed by atoms with Crippen molar-refractivity contribution in [3.05, 3.63) is 0 Å². The fourth-order valence-electron chi connectivity index (χ4n) is 1.14. The van der Waals surface area contributed by atoms with E-state index in [9.17, 15) is 4.79 Å². The van der Waals surface area contributed by atoms with Crippen LogP contribution in [-0.4, -0.2) is 43.7 Å². The van der Waals surface area contributed by atoms with Gasteiger partial charge in [-0.25, -0.2) is 0 Å². The average Bonchev–Trinajstić information content (AvgIpc) is 2.13. The number of ether oxygens (including phenoxy) is 1. The van der Waals surface area contributed by atoms with Crippen LogP contribution in [-0.2, 0) is 9.53 Å². The van der Waals surface area contributed by atoms with E-state index in [4.69, 9.17) is 10.5 Å². The summed E-state index contributed by atoms with van der Waals surface area (Å²) in [5, 5.41) is 0. The molecular weight excluding hydrogens is 228 g/mol. The summed E-state index contributed by atoms with van der Waals surface area (Å²) in [7, 11) is 1.78. The van der Waals surface area contributed by atoms with Crippen molar-refractivity contribution in [2.75, 3.05) is 26.7 Å². The van der Waals surface area contributed by atoms with Crippen LogP contribution in [0.4, 0.5) is 0 Å². The van der Waals surface area contributed by atoms with Crippen LogP contribution in [0.15, 0.2) is 0 Å². The van der Waals surface area contributed by atoms with Gasteiger partial charge in [-0.05, 0) is 25.8 Å². The maximum absolute atomic E-state index is 11.6. The molecule has 98 valence electrons. The number of amides is 1. The second-order valence-electron chi connectivity index (χ2n) is 4.98. The Kier molecular flexibility index (Phi) is 8.88. The minimum Gasteiger partial charge on any atom is -0.369 e. The fraction of sp³-hybridized carbons (Fsp3) is 0.909. The molecule has 16 heavy (non-hydrogen) atoms. The Hall–Kier alpha value is -0.320. The van der Waals surface area contributed by atoms with E-state index >= 15 is 0 Å². The number of nitrogens with zero attached hydrogens (tertiary/aromatic N) is 1. The van der Waals surface area contributed by atoms with Crippen molar-refractivity contribution in [1.82, 2.24) is 4.90 Å². The van der Waals surface area contributed by atoms with E-state index < -0.39 is 0 Å². The third kappa shape index (κ3) is 7.91. The summed E-state index contributed by atoms with van der Waals surface area (Å²) in [6.45, 7) is 9.28. The molecule has 0 aliphatic carbocycles. The highest BCUT2D eigenvalue weighted by molar-refractivity contribution is 5.85. The van der Waals surface area contributed by atoms with E-state index in [-0.39, 0.29) is 36.4 Å². The van der Waals surface area contributed by atoms with Crippen molar-refractivity contribution in [3.63, 3.8) is 0 Å². The first-order valence-corrected chi connectivity index (χ1v) is 5.34. The monoisotopic (exact) mass is 252 g/mol. The molecule has 5 heteroatoms. The Morgan fingerprint density at radius 1 is 1.44 bits per heavy atom. The highest BCUT2D eigenvalue weighted by atomic mass is 35.5. The first-order chi connectivity index (χ1) is 6.78. The van der Waals surface area contributed by atoms with Gasteiger partial charge in [-0.1, -0.05) is 13.8 Å². The number of rotatable bonds is 6. The van der Waals surface area contributed by atoms with E-state index in [1.807, 2.05) is 27.7 Å². The van der Waals surface area contributed by atoms with Crippen molar-refractivity contribution < 1.29 is 9.53 Å². The zero-order valence-corrected chi connectivity index (χ0v) is 11.8. The van der Waals surface area contributed by atoms with Crippen molar-refractivity contribution >= 4 is 18.3 Å². The van der Waals surface area contributed by atoms with Gasteiger partial charge < -0.3 is 15.4 Å². The minimum atomic E-state index is -0.0394. The number of carbonyl (C=O) groups is 1. The van der Waals surface area contributed by atoms with E-state index in [1.54, 1.807) is 11.9 Å². The molecule has 0 aliphatic rings. The molecule has 0 aromatic rings. The molecule has 0 saturated heterocycles. The van der Waals surface area contributed by atoms with Crippen LogP contribution < -0.4 is 5.73 Å². The lowest BCUT2D eigenvalue weighted by Gasteiger charge is -2.29. The first kappa shape index (κ1) is 18.1. The zero-order chi connectivity index (χ0) is 12.1. The summed E-state index contributed by atoms with van der Waals surface area (Å²) in [4.78, 5) is 13.3. The molecule has 0 aromatic carbocycles. The van der Waals surface area contributed by atoms with Gasteiger partial charge in [0.1, 0.15) is 6.61 Å². The molecule has 1 amide bonds. The first-order valence-electron chi connectivity index (χ1n) is 5.34. The van der Waals surface area contributed by atoms with Gasteiger partial charge in [-0.15, -0.1) is 12.4 Å². The molecule has 2 N–H and O–H groups in total. The summed E-state index contributed by atoms with van der Waals surface area (Å²) in [5.41, 5.74) is 5.57. The third-order valence-electron chi connectivity index (χ3n) is 2.18. The van der Waals surface area contributed by atoms with Crippen LogP contribution in [0.5, 0.6) is 0 Å². The van der Waals surface area contributed by atoms with E-state index in [1.165, 1.54) is 0 Å². The van der Waals surface area contributed by atoms with Crippen molar-refractivity contribution in [2.45, 2.75) is 33.8 Å². The molecule has 0 aliphatic heterocycles. The van der Waals surface area contributed by atoms with Crippen molar-refractivity contribution in [3.8, 4) is 0 Å². The van der Waals surface area contributed by atoms with Crippen molar-refractivity contribution in [2.24, 2.45) is 11.1 Å². The summed E-state index contributed by atoms with van der Waals surface area (Å²) >= 11 is 0. The van der Waals surface area contributed by atoms with Crippen LogP contribution in [0.3, 0.4) is 0 Å². The van der Waals surface area contributed by atoms with Gasteiger partial charge in [0.15, 0.2) is 0 Å². The van der Waals surface area contributed by atoms with Crippen LogP contribution in [0.25, 0.3) is 0 Å². The fourth-order valence-corrected chi connectivity index (χ4v) is 1.14. The number of likely N-dealkylation sites (N-methyl/N-ethyl adjacent to an activating group) is 1. The minimum absolute atomic E-state index is 0. The van der Waals surface area contributed by atoms with Crippen molar-refractivity contribution in [1.29, 1.82) is 0 Å². The summed E-state index contributed by atoms with van der Waals surface area (Å²) in [6, 6.07) is 0. The second kappa shape index (κ2) is 7.87. The lowest BCUT2D eigenvalue weighted by Crippen LogP contribution is -2.41. The standard InChI is InChI=1S/C11H24N2O2.ClH/c1-9(2)15-6-10(14)13(5)8-11(3,4)7-12;/h9H,6-8,12H2,1-5H3;1H. The molecule has 0 radical (unpaired) electrons. The molecule has 0 fully saturated rings. The Labute approximate surface area is 105 Å². The van der Waals surface area contributed by atoms with Gasteiger partial charge in [0.2, 0.25) is 5.91 Å². The molecule has 0 heterocycles. The average molecular weight is 253 g/mol. The topological polar surface area (TPSA) is 55.6 Å². The predicted octanol–water partition coefficient (Wildman–Crippen LogP) is 1.28. The zero-order valence-electron chi connectivity index (χ0n) is 10.9. The summed E-state index contributed by atoms with van der Waals surface area (Å²) < 4.78 is 5.25. The van der Waals surface area contributed by atoms with Gasteiger partial charge in [0.25, 0.3) is 0 Å². The molecule has 0 bridgehead atoms. The highest BCUT2D eigenvalue weighted by Crippen LogP contribution is 2.13. The number of carbonyl (C=O) groups excluding carboxylic acids is 1. The Balaban J connectivity index is 0. The lowest BCUT2D eigenvalue weighted by molar-refractivity contribution is -0.137. The molecular formula is C11H25ClN2O2. The quantitative estimate of drug-likeness (QED) is 0.775. The maximum Gasteiger partial charge on any atom is 0.248 e. The number of hydrogen-bond donors (Lipinski definition) is 1. The van der Waals surface area contributed by atoms with Crippen LogP contribution in [0, 0.1) is 5.41 Å². The smallest absolute Gasteiger partial charge is 0.248 e. The Bertz CT molecular complexity index is 208. The van der Waals surface area contributed by atoms with Gasteiger partial charge in [0, 0.05) is 13.6 Å². The van der Waals surface area contributed by atoms with Crippen LogP contribution in [0.1, 0.15) is 27.7 Å². The second-order valence-corrected chi connectivity index (χ2v) is 4.98. The summed E-state index contributed by atoms with van der Waals surface area (Å²) in [6.07, 6.45) is 0.0878. The Morgan fingerprint density at radius 3 is 2.31 bits per heavy atom. The number of hydrogen-bond acceptors (Lipinski definition) is 3. The SMILES string of the molecule is CC(C)OCC(=O)N(C)CC(C)(C)CN.Cl. The normalized spacial score (nSPS) is 11.2. The van der Waals surface area contributed by atoms with E-state index in [2.05, 4.69) is 0 Å². The highest BCUT2D eigenvalue weighted by Gasteiger charge is 2.21. The van der Waals surface area contributed by atoms with Crippen LogP contribution in [0.2, 0.25) is 0 Å². The number of nitrogens with two attached hydrogens (primary N) is 1. The molecule has 0 aromatic heterocycles. The molecule has 0 rings (SSSR count). The van der Waals surface area contributed by atoms with Gasteiger partial charge in [-0.2, -0.15) is 0 Å². The molecule has 4 nitrogen and oxygen atoms in total. The van der Waals surface area contributed by atoms with E-state index in [0.717, 1.165) is 0 Å². The molecule has 0 saturated carbocycles. The molecule has 0 spiro atoms. The predicted molar refractivity (Wildman–Crippen MR) is 68.8 cm³/mol. The number of halogens is 1. The Morgan fingerprint density at radius 2 is 1.94 bits per heavy atom. The molecule has 0 unspecified atom stereocenters. The summed E-state index contributed by atoms with van der Waals surface area (Å²) in [5.74, 6) is 0.00484.